The van der Waals surface area contributed by atoms with E-state index in [0.717, 1.165) is 32.5 Å². The Labute approximate surface area is 133 Å². The lowest BCUT2D eigenvalue weighted by Crippen LogP contribution is -2.47. The van der Waals surface area contributed by atoms with E-state index in [1.54, 1.807) is 23.6 Å². The number of aromatic amines is 1. The van der Waals surface area contributed by atoms with Crippen molar-refractivity contribution in [3.8, 4) is 0 Å². The summed E-state index contributed by atoms with van der Waals surface area (Å²) in [5.74, 6) is -0.0788. The van der Waals surface area contributed by atoms with Gasteiger partial charge in [-0.25, -0.2) is 0 Å². The summed E-state index contributed by atoms with van der Waals surface area (Å²) < 4.78 is 0. The molecule has 0 unspecified atom stereocenters. The number of aromatic nitrogens is 1. The van der Waals surface area contributed by atoms with Crippen molar-refractivity contribution in [3.05, 3.63) is 45.4 Å². The van der Waals surface area contributed by atoms with Gasteiger partial charge >= 0.3 is 0 Å². The summed E-state index contributed by atoms with van der Waals surface area (Å²) >= 11 is 7.61. The van der Waals surface area contributed by atoms with E-state index in [4.69, 9.17) is 11.6 Å². The van der Waals surface area contributed by atoms with Gasteiger partial charge in [0.1, 0.15) is 5.69 Å². The van der Waals surface area contributed by atoms with Crippen molar-refractivity contribution in [3.63, 3.8) is 0 Å². The summed E-state index contributed by atoms with van der Waals surface area (Å²) in [5.41, 5.74) is 0.524. The number of likely N-dealkylation sites (tertiary alicyclic amines) is 1. The average molecular weight is 324 g/mol. The fourth-order valence-corrected chi connectivity index (χ4v) is 3.61. The molecule has 0 aromatic carbocycles. The number of thiophene rings is 1. The normalized spacial score (nSPS) is 19.6. The molecule has 3 rings (SSSR count). The molecule has 0 radical (unpaired) electrons. The summed E-state index contributed by atoms with van der Waals surface area (Å²) in [6.45, 7) is 2.97. The highest BCUT2D eigenvalue weighted by atomic mass is 35.5. The van der Waals surface area contributed by atoms with Gasteiger partial charge in [0.05, 0.1) is 5.02 Å². The van der Waals surface area contributed by atoms with Crippen molar-refractivity contribution in [2.45, 2.75) is 25.4 Å². The van der Waals surface area contributed by atoms with Gasteiger partial charge in [0.25, 0.3) is 5.91 Å². The predicted octanol–water partition coefficient (Wildman–Crippen LogP) is 3.12. The summed E-state index contributed by atoms with van der Waals surface area (Å²) in [6, 6.07) is 6.10. The molecule has 0 saturated carbocycles. The first kappa shape index (κ1) is 14.6. The van der Waals surface area contributed by atoms with Crippen LogP contribution in [0.25, 0.3) is 0 Å². The Balaban J connectivity index is 1.55. The van der Waals surface area contributed by atoms with Crippen LogP contribution >= 0.6 is 22.9 Å². The number of nitrogens with one attached hydrogen (secondary N) is 2. The Kier molecular flexibility index (Phi) is 4.63. The molecule has 1 fully saturated rings. The summed E-state index contributed by atoms with van der Waals surface area (Å²) in [4.78, 5) is 18.8. The average Bonchev–Trinajstić information content (AvgIpc) is 3.11. The second kappa shape index (κ2) is 6.64. The molecule has 1 atom stereocenters. The molecular formula is C15H18ClN3OS. The van der Waals surface area contributed by atoms with Crippen molar-refractivity contribution in [2.75, 3.05) is 13.1 Å². The van der Waals surface area contributed by atoms with Crippen LogP contribution in [0.15, 0.2) is 29.8 Å². The Morgan fingerprint density at radius 1 is 1.57 bits per heavy atom. The summed E-state index contributed by atoms with van der Waals surface area (Å²) in [6.07, 6.45) is 3.77. The molecule has 3 heterocycles. The number of piperidine rings is 1. The van der Waals surface area contributed by atoms with Gasteiger partial charge in [-0.1, -0.05) is 17.7 Å². The number of rotatable bonds is 4. The fourth-order valence-electron chi connectivity index (χ4n) is 2.70. The zero-order valence-electron chi connectivity index (χ0n) is 11.6. The highest BCUT2D eigenvalue weighted by molar-refractivity contribution is 7.09. The van der Waals surface area contributed by atoms with E-state index in [1.165, 1.54) is 4.88 Å². The largest absolute Gasteiger partial charge is 0.356 e. The molecule has 2 N–H and O–H groups in total. The summed E-state index contributed by atoms with van der Waals surface area (Å²) in [7, 11) is 0. The zero-order valence-corrected chi connectivity index (χ0v) is 13.2. The van der Waals surface area contributed by atoms with E-state index in [0.29, 0.717) is 10.7 Å². The fraction of sp³-hybridized carbons (Fsp3) is 0.400. The third kappa shape index (κ3) is 3.87. The lowest BCUT2D eigenvalue weighted by Gasteiger charge is -2.32. The molecule has 2 aromatic heterocycles. The van der Waals surface area contributed by atoms with Gasteiger partial charge in [-0.15, -0.1) is 11.3 Å². The van der Waals surface area contributed by atoms with Gasteiger partial charge in [-0.05, 0) is 36.9 Å². The smallest absolute Gasteiger partial charge is 0.268 e. The first-order chi connectivity index (χ1) is 10.2. The summed E-state index contributed by atoms with van der Waals surface area (Å²) in [5, 5.41) is 5.75. The number of hydrogen-bond donors (Lipinski definition) is 2. The van der Waals surface area contributed by atoms with Gasteiger partial charge in [0, 0.05) is 30.2 Å². The van der Waals surface area contributed by atoms with Crippen LogP contribution in [0.2, 0.25) is 5.02 Å². The van der Waals surface area contributed by atoms with Crippen LogP contribution in [0.4, 0.5) is 0 Å². The van der Waals surface area contributed by atoms with Crippen LogP contribution in [0.5, 0.6) is 0 Å². The number of carbonyl (C=O) groups is 1. The van der Waals surface area contributed by atoms with Gasteiger partial charge in [-0.3, -0.25) is 9.69 Å². The topological polar surface area (TPSA) is 48.1 Å². The minimum absolute atomic E-state index is 0.0788. The van der Waals surface area contributed by atoms with Crippen molar-refractivity contribution >= 4 is 28.8 Å². The van der Waals surface area contributed by atoms with Gasteiger partial charge in [-0.2, -0.15) is 0 Å². The first-order valence-corrected chi connectivity index (χ1v) is 8.36. The van der Waals surface area contributed by atoms with Crippen LogP contribution in [0, 0.1) is 0 Å². The molecule has 6 heteroatoms. The second-order valence-corrected chi connectivity index (χ2v) is 6.83. The Bertz CT molecular complexity index is 596. The predicted molar refractivity (Wildman–Crippen MR) is 85.9 cm³/mol. The van der Waals surface area contributed by atoms with Crippen LogP contribution in [-0.4, -0.2) is 34.9 Å². The van der Waals surface area contributed by atoms with E-state index in [9.17, 15) is 4.79 Å². The minimum atomic E-state index is -0.0788. The number of H-pyrrole nitrogens is 1. The minimum Gasteiger partial charge on any atom is -0.356 e. The van der Waals surface area contributed by atoms with Gasteiger partial charge in [0.15, 0.2) is 0 Å². The second-order valence-electron chi connectivity index (χ2n) is 5.36. The van der Waals surface area contributed by atoms with Crippen molar-refractivity contribution in [1.82, 2.24) is 15.2 Å². The molecule has 2 aromatic rings. The van der Waals surface area contributed by atoms with Crippen molar-refractivity contribution in [2.24, 2.45) is 0 Å². The number of carbonyl (C=O) groups excluding carboxylic acids is 1. The standard InChI is InChI=1S/C15H18ClN3OS/c16-11-7-14(17-8-11)15(20)18-12-3-1-5-19(9-12)10-13-4-2-6-21-13/h2,4,6-8,12,17H,1,3,5,9-10H2,(H,18,20)/t12-/m1/s1. The maximum absolute atomic E-state index is 12.1. The molecule has 0 bridgehead atoms. The lowest BCUT2D eigenvalue weighted by molar-refractivity contribution is 0.0897. The lowest BCUT2D eigenvalue weighted by atomic mass is 10.1. The number of nitrogens with zero attached hydrogens (tertiary/aromatic N) is 1. The Morgan fingerprint density at radius 2 is 2.48 bits per heavy atom. The maximum atomic E-state index is 12.1. The molecule has 1 aliphatic heterocycles. The molecular weight excluding hydrogens is 306 g/mol. The van der Waals surface area contributed by atoms with Crippen LogP contribution in [0.1, 0.15) is 28.2 Å². The number of hydrogen-bond acceptors (Lipinski definition) is 3. The molecule has 0 spiro atoms. The van der Waals surface area contributed by atoms with E-state index in [2.05, 4.69) is 32.7 Å². The van der Waals surface area contributed by atoms with Gasteiger partial charge < -0.3 is 10.3 Å². The molecule has 21 heavy (non-hydrogen) atoms. The molecule has 1 aliphatic rings. The maximum Gasteiger partial charge on any atom is 0.268 e. The SMILES string of the molecule is O=C(N[C@@H]1CCCN(Cc2cccs2)C1)c1cc(Cl)c[nH]1. The highest BCUT2D eigenvalue weighted by Crippen LogP contribution is 2.17. The molecule has 1 amide bonds. The van der Waals surface area contributed by atoms with E-state index in [-0.39, 0.29) is 11.9 Å². The van der Waals surface area contributed by atoms with E-state index < -0.39 is 0 Å². The van der Waals surface area contributed by atoms with Gasteiger partial charge in [0.2, 0.25) is 0 Å². The van der Waals surface area contributed by atoms with Crippen molar-refractivity contribution in [1.29, 1.82) is 0 Å². The molecule has 1 saturated heterocycles. The Morgan fingerprint density at radius 3 is 3.19 bits per heavy atom. The highest BCUT2D eigenvalue weighted by Gasteiger charge is 2.22. The van der Waals surface area contributed by atoms with Crippen LogP contribution in [0.3, 0.4) is 0 Å². The Hall–Kier alpha value is -1.30. The number of halogens is 1. The monoisotopic (exact) mass is 323 g/mol. The van der Waals surface area contributed by atoms with E-state index in [1.807, 2.05) is 0 Å². The third-order valence-corrected chi connectivity index (χ3v) is 4.77. The van der Waals surface area contributed by atoms with Crippen molar-refractivity contribution < 1.29 is 4.79 Å². The van der Waals surface area contributed by atoms with Crippen LogP contribution in [-0.2, 0) is 6.54 Å². The van der Waals surface area contributed by atoms with Crippen LogP contribution < -0.4 is 5.32 Å². The molecule has 0 aliphatic carbocycles. The molecule has 4 nitrogen and oxygen atoms in total. The number of amides is 1. The first-order valence-electron chi connectivity index (χ1n) is 7.10. The quantitative estimate of drug-likeness (QED) is 0.908. The van der Waals surface area contributed by atoms with E-state index >= 15 is 0 Å². The third-order valence-electron chi connectivity index (χ3n) is 3.69. The zero-order chi connectivity index (χ0) is 14.7. The molecule has 112 valence electrons.